The lowest BCUT2D eigenvalue weighted by atomic mass is 10.1. The molecule has 0 atom stereocenters. The monoisotopic (exact) mass is 398 g/mol. The Bertz CT molecular complexity index is 893. The summed E-state index contributed by atoms with van der Waals surface area (Å²) in [6, 6.07) is 9.16. The van der Waals surface area contributed by atoms with E-state index in [2.05, 4.69) is 10.3 Å². The summed E-state index contributed by atoms with van der Waals surface area (Å²) in [6.45, 7) is 3.81. The van der Waals surface area contributed by atoms with Gasteiger partial charge in [-0.2, -0.15) is 0 Å². The minimum atomic E-state index is -0.372. The number of hydrogen-bond donors (Lipinski definition) is 1. The Morgan fingerprint density at radius 1 is 1.03 bits per heavy atom. The molecule has 152 valence electrons. The molecule has 7 nitrogen and oxygen atoms in total. The first-order chi connectivity index (χ1) is 13.9. The molecule has 1 aromatic heterocycles. The Labute approximate surface area is 168 Å². The van der Waals surface area contributed by atoms with Gasteiger partial charge in [0.05, 0.1) is 0 Å². The molecule has 8 heteroatoms. The van der Waals surface area contributed by atoms with Crippen LogP contribution in [-0.4, -0.2) is 65.2 Å². The Morgan fingerprint density at radius 2 is 1.69 bits per heavy atom. The number of hydrogen-bond acceptors (Lipinski definition) is 4. The second-order valence-electron chi connectivity index (χ2n) is 6.86. The molecule has 0 unspecified atom stereocenters. The molecule has 1 aliphatic heterocycles. The number of pyridine rings is 1. The van der Waals surface area contributed by atoms with Gasteiger partial charge in [-0.05, 0) is 36.2 Å². The van der Waals surface area contributed by atoms with E-state index in [0.717, 1.165) is 5.56 Å². The average Bonchev–Trinajstić information content (AvgIpc) is 2.74. The fraction of sp³-hybridized carbons (Fsp3) is 0.333. The largest absolute Gasteiger partial charge is 0.350 e. The highest BCUT2D eigenvalue weighted by Crippen LogP contribution is 2.10. The second-order valence-corrected chi connectivity index (χ2v) is 6.86. The summed E-state index contributed by atoms with van der Waals surface area (Å²) in [5.41, 5.74) is 1.46. The summed E-state index contributed by atoms with van der Waals surface area (Å²) in [4.78, 5) is 43.9. The van der Waals surface area contributed by atoms with Crippen LogP contribution in [0.1, 0.15) is 33.3 Å². The van der Waals surface area contributed by atoms with Gasteiger partial charge in [-0.3, -0.25) is 19.4 Å². The zero-order valence-corrected chi connectivity index (χ0v) is 16.2. The van der Waals surface area contributed by atoms with Crippen LogP contribution in [0.5, 0.6) is 0 Å². The van der Waals surface area contributed by atoms with Gasteiger partial charge in [0, 0.05) is 51.4 Å². The molecule has 1 N–H and O–H groups in total. The second kappa shape index (κ2) is 9.27. The molecule has 1 fully saturated rings. The molecule has 2 aromatic rings. The van der Waals surface area contributed by atoms with Gasteiger partial charge < -0.3 is 15.1 Å². The van der Waals surface area contributed by atoms with Gasteiger partial charge in [0.25, 0.3) is 11.8 Å². The molecule has 3 rings (SSSR count). The highest BCUT2D eigenvalue weighted by Gasteiger charge is 2.24. The van der Waals surface area contributed by atoms with Crippen LogP contribution in [0.2, 0.25) is 0 Å². The fourth-order valence-electron chi connectivity index (χ4n) is 3.16. The maximum Gasteiger partial charge on any atom is 0.269 e. The van der Waals surface area contributed by atoms with E-state index in [1.165, 1.54) is 31.3 Å². The first-order valence-electron chi connectivity index (χ1n) is 9.47. The average molecular weight is 398 g/mol. The predicted molar refractivity (Wildman–Crippen MR) is 105 cm³/mol. The van der Waals surface area contributed by atoms with E-state index in [-0.39, 0.29) is 29.2 Å². The molecule has 0 aliphatic carbocycles. The van der Waals surface area contributed by atoms with E-state index < -0.39 is 0 Å². The van der Waals surface area contributed by atoms with Crippen molar-refractivity contribution in [1.82, 2.24) is 20.1 Å². The van der Waals surface area contributed by atoms with Crippen LogP contribution in [0.4, 0.5) is 4.39 Å². The Morgan fingerprint density at radius 3 is 2.34 bits per heavy atom. The Hall–Kier alpha value is -3.29. The highest BCUT2D eigenvalue weighted by atomic mass is 19.1. The number of halogens is 1. The van der Waals surface area contributed by atoms with Gasteiger partial charge in [0.2, 0.25) is 5.91 Å². The van der Waals surface area contributed by atoms with Crippen molar-refractivity contribution in [1.29, 1.82) is 0 Å². The number of nitrogens with zero attached hydrogens (tertiary/aromatic N) is 3. The zero-order valence-electron chi connectivity index (χ0n) is 16.2. The predicted octanol–water partition coefficient (Wildman–Crippen LogP) is 1.50. The van der Waals surface area contributed by atoms with E-state index in [1.54, 1.807) is 28.0 Å². The van der Waals surface area contributed by atoms with Crippen LogP contribution in [0.15, 0.2) is 42.6 Å². The van der Waals surface area contributed by atoms with Gasteiger partial charge >= 0.3 is 0 Å². The molecule has 2 heterocycles. The molecule has 0 radical (unpaired) electrons. The van der Waals surface area contributed by atoms with E-state index in [1.807, 2.05) is 0 Å². The van der Waals surface area contributed by atoms with Crippen molar-refractivity contribution in [3.63, 3.8) is 0 Å². The van der Waals surface area contributed by atoms with Gasteiger partial charge in [-0.15, -0.1) is 0 Å². The van der Waals surface area contributed by atoms with Crippen molar-refractivity contribution in [2.24, 2.45) is 0 Å². The number of amides is 3. The van der Waals surface area contributed by atoms with Crippen LogP contribution in [0.3, 0.4) is 0 Å². The van der Waals surface area contributed by atoms with Crippen molar-refractivity contribution in [2.45, 2.75) is 13.3 Å². The quantitative estimate of drug-likeness (QED) is 0.828. The number of benzene rings is 1. The third-order valence-corrected chi connectivity index (χ3v) is 4.86. The lowest BCUT2D eigenvalue weighted by Gasteiger charge is -2.34. The van der Waals surface area contributed by atoms with Crippen LogP contribution in [0.25, 0.3) is 0 Å². The minimum absolute atomic E-state index is 0.000560. The zero-order chi connectivity index (χ0) is 20.8. The lowest BCUT2D eigenvalue weighted by molar-refractivity contribution is -0.130. The van der Waals surface area contributed by atoms with Crippen LogP contribution >= 0.6 is 0 Å². The lowest BCUT2D eigenvalue weighted by Crippen LogP contribution is -2.50. The maximum absolute atomic E-state index is 12.9. The number of aromatic nitrogens is 1. The van der Waals surface area contributed by atoms with Gasteiger partial charge in [-0.25, -0.2) is 4.39 Å². The summed E-state index contributed by atoms with van der Waals surface area (Å²) in [6.07, 6.45) is 2.00. The number of carbonyl (C=O) groups is 3. The van der Waals surface area contributed by atoms with Gasteiger partial charge in [0.15, 0.2) is 0 Å². The normalized spacial score (nSPS) is 13.9. The third-order valence-electron chi connectivity index (χ3n) is 4.86. The third kappa shape index (κ3) is 5.37. The summed E-state index contributed by atoms with van der Waals surface area (Å²) >= 11 is 0. The van der Waals surface area contributed by atoms with Crippen molar-refractivity contribution in [3.05, 3.63) is 65.2 Å². The van der Waals surface area contributed by atoms with Crippen LogP contribution < -0.4 is 5.32 Å². The molecule has 1 aromatic carbocycles. The SMILES string of the molecule is CC(=O)N1CCN(C(=O)c2ccnc(C(=O)NCCc3ccc(F)cc3)c2)CC1. The van der Waals surface area contributed by atoms with Crippen molar-refractivity contribution in [3.8, 4) is 0 Å². The standard InChI is InChI=1S/C21H23FN4O3/c1-15(27)25-10-12-26(13-11-25)21(29)17-7-9-23-19(14-17)20(28)24-8-6-16-2-4-18(22)5-3-16/h2-5,7,9,14H,6,8,10-13H2,1H3,(H,24,28). The highest BCUT2D eigenvalue weighted by molar-refractivity contribution is 5.98. The smallest absolute Gasteiger partial charge is 0.269 e. The van der Waals surface area contributed by atoms with E-state index >= 15 is 0 Å². The summed E-state index contributed by atoms with van der Waals surface area (Å²) < 4.78 is 12.9. The molecule has 29 heavy (non-hydrogen) atoms. The summed E-state index contributed by atoms with van der Waals surface area (Å²) in [5.74, 6) is -0.856. The molecule has 3 amide bonds. The maximum atomic E-state index is 12.9. The molecule has 1 aliphatic rings. The number of nitrogens with one attached hydrogen (secondary N) is 1. The van der Waals surface area contributed by atoms with Gasteiger partial charge in [-0.1, -0.05) is 12.1 Å². The first-order valence-corrected chi connectivity index (χ1v) is 9.47. The van der Waals surface area contributed by atoms with Crippen molar-refractivity contribution >= 4 is 17.7 Å². The number of carbonyl (C=O) groups excluding carboxylic acids is 3. The molecule has 1 saturated heterocycles. The number of piperazine rings is 1. The van der Waals surface area contributed by atoms with Crippen LogP contribution in [-0.2, 0) is 11.2 Å². The van der Waals surface area contributed by atoms with Crippen LogP contribution in [0, 0.1) is 5.82 Å². The van der Waals surface area contributed by atoms with E-state index in [9.17, 15) is 18.8 Å². The van der Waals surface area contributed by atoms with Crippen molar-refractivity contribution < 1.29 is 18.8 Å². The Balaban J connectivity index is 1.55. The molecule has 0 spiro atoms. The first kappa shape index (κ1) is 20.4. The van der Waals surface area contributed by atoms with Gasteiger partial charge in [0.1, 0.15) is 11.5 Å². The summed E-state index contributed by atoms with van der Waals surface area (Å²) in [7, 11) is 0. The molecule has 0 saturated carbocycles. The topological polar surface area (TPSA) is 82.6 Å². The fourth-order valence-corrected chi connectivity index (χ4v) is 3.16. The molecular weight excluding hydrogens is 375 g/mol. The minimum Gasteiger partial charge on any atom is -0.350 e. The van der Waals surface area contributed by atoms with E-state index in [4.69, 9.17) is 0 Å². The van der Waals surface area contributed by atoms with E-state index in [0.29, 0.717) is 44.7 Å². The molecular formula is C21H23FN4O3. The molecule has 0 bridgehead atoms. The number of rotatable bonds is 5. The van der Waals surface area contributed by atoms with Crippen molar-refractivity contribution in [2.75, 3.05) is 32.7 Å². The summed E-state index contributed by atoms with van der Waals surface area (Å²) in [5, 5.41) is 2.76. The Kier molecular flexibility index (Phi) is 6.54.